The lowest BCUT2D eigenvalue weighted by atomic mass is 9.96. The summed E-state index contributed by atoms with van der Waals surface area (Å²) in [6, 6.07) is 17.9. The van der Waals surface area contributed by atoms with Crippen LogP contribution in [0.25, 0.3) is 0 Å². The van der Waals surface area contributed by atoms with Crippen molar-refractivity contribution in [2.24, 2.45) is 4.99 Å². The highest BCUT2D eigenvalue weighted by Gasteiger charge is 2.45. The summed E-state index contributed by atoms with van der Waals surface area (Å²) in [6.45, 7) is 1.80. The Morgan fingerprint density at radius 1 is 1.10 bits per heavy atom. The number of methoxy groups -OCH3 is 1. The summed E-state index contributed by atoms with van der Waals surface area (Å²) in [5.41, 5.74) is 1.99. The molecule has 0 aliphatic carbocycles. The maximum atomic E-state index is 13.2. The van der Waals surface area contributed by atoms with Crippen molar-refractivity contribution in [1.82, 2.24) is 10.1 Å². The lowest BCUT2D eigenvalue weighted by Crippen LogP contribution is -2.30. The molecular weight excluding hydrogens is 370 g/mol. The highest BCUT2D eigenvalue weighted by molar-refractivity contribution is 6.52. The van der Waals surface area contributed by atoms with Gasteiger partial charge in [0, 0.05) is 6.07 Å². The number of benzene rings is 2. The van der Waals surface area contributed by atoms with Gasteiger partial charge < -0.3 is 9.26 Å². The van der Waals surface area contributed by atoms with Crippen molar-refractivity contribution in [1.29, 1.82) is 0 Å². The van der Waals surface area contributed by atoms with Crippen molar-refractivity contribution >= 4 is 23.2 Å². The van der Waals surface area contributed by atoms with Gasteiger partial charge in [0.1, 0.15) is 28.8 Å². The van der Waals surface area contributed by atoms with Crippen LogP contribution in [-0.2, 0) is 16.1 Å². The van der Waals surface area contributed by atoms with Crippen LogP contribution in [0.1, 0.15) is 22.9 Å². The van der Waals surface area contributed by atoms with Crippen LogP contribution in [0, 0.1) is 6.92 Å². The highest BCUT2D eigenvalue weighted by Crippen LogP contribution is 2.31. The number of imide groups is 1. The van der Waals surface area contributed by atoms with Crippen LogP contribution < -0.4 is 4.74 Å². The molecule has 2 heterocycles. The number of aryl methyl sites for hydroxylation is 1. The summed E-state index contributed by atoms with van der Waals surface area (Å²) in [4.78, 5) is 32.0. The smallest absolute Gasteiger partial charge is 0.276 e. The van der Waals surface area contributed by atoms with E-state index in [4.69, 9.17) is 9.26 Å². The van der Waals surface area contributed by atoms with Gasteiger partial charge >= 0.3 is 0 Å². The molecule has 1 saturated heterocycles. The van der Waals surface area contributed by atoms with Gasteiger partial charge in [-0.15, -0.1) is 0 Å². The minimum absolute atomic E-state index is 0.0416. The third kappa shape index (κ3) is 3.67. The van der Waals surface area contributed by atoms with Crippen molar-refractivity contribution in [3.63, 3.8) is 0 Å². The number of likely N-dealkylation sites (tertiary alicyclic amines) is 1. The predicted molar refractivity (Wildman–Crippen MR) is 106 cm³/mol. The van der Waals surface area contributed by atoms with Gasteiger partial charge in [-0.3, -0.25) is 14.5 Å². The number of nitrogens with zero attached hydrogens (tertiary/aromatic N) is 3. The first-order valence-electron chi connectivity index (χ1n) is 9.12. The molecule has 4 rings (SSSR count). The number of aliphatic imine (C=N–C) groups is 1. The molecule has 0 N–H and O–H groups in total. The quantitative estimate of drug-likeness (QED) is 0.624. The van der Waals surface area contributed by atoms with Gasteiger partial charge in [0.25, 0.3) is 5.91 Å². The van der Waals surface area contributed by atoms with Gasteiger partial charge in [-0.25, -0.2) is 4.99 Å². The number of aromatic nitrogens is 1. The van der Waals surface area contributed by atoms with Crippen molar-refractivity contribution in [2.75, 3.05) is 7.11 Å². The van der Waals surface area contributed by atoms with Gasteiger partial charge in [0.2, 0.25) is 5.91 Å². The zero-order valence-corrected chi connectivity index (χ0v) is 16.0. The minimum Gasteiger partial charge on any atom is -0.497 e. The molecule has 1 atom stereocenters. The van der Waals surface area contributed by atoms with Gasteiger partial charge in [-0.1, -0.05) is 35.5 Å². The molecular formula is C22H19N3O4. The second kappa shape index (κ2) is 7.71. The van der Waals surface area contributed by atoms with Gasteiger partial charge in [0.15, 0.2) is 0 Å². The SMILES string of the molecule is COc1ccc(N=C2C(=O)N(Cc3cc(C)on3)C(=O)C2c2ccccc2)cc1. The molecule has 0 spiro atoms. The van der Waals surface area contributed by atoms with E-state index in [2.05, 4.69) is 10.1 Å². The van der Waals surface area contributed by atoms with E-state index in [1.165, 1.54) is 4.90 Å². The molecule has 1 aliphatic rings. The normalized spacial score (nSPS) is 17.9. The Labute approximate surface area is 167 Å². The maximum Gasteiger partial charge on any atom is 0.276 e. The Kier molecular flexibility index (Phi) is 4.95. The first-order valence-corrected chi connectivity index (χ1v) is 9.12. The van der Waals surface area contributed by atoms with Gasteiger partial charge in [0.05, 0.1) is 19.3 Å². The van der Waals surface area contributed by atoms with E-state index >= 15 is 0 Å². The molecule has 1 aliphatic heterocycles. The zero-order chi connectivity index (χ0) is 20.4. The van der Waals surface area contributed by atoms with E-state index < -0.39 is 11.8 Å². The third-order valence-electron chi connectivity index (χ3n) is 4.70. The highest BCUT2D eigenvalue weighted by atomic mass is 16.5. The average Bonchev–Trinajstić information content (AvgIpc) is 3.25. The van der Waals surface area contributed by atoms with Crippen LogP contribution in [0.15, 0.2) is 70.2 Å². The molecule has 7 heteroatoms. The third-order valence-corrected chi connectivity index (χ3v) is 4.70. The van der Waals surface area contributed by atoms with Crippen molar-refractivity contribution < 1.29 is 18.8 Å². The Balaban J connectivity index is 1.73. The zero-order valence-electron chi connectivity index (χ0n) is 16.0. The van der Waals surface area contributed by atoms with Crippen LogP contribution >= 0.6 is 0 Å². The van der Waals surface area contributed by atoms with Crippen LogP contribution in [0.3, 0.4) is 0 Å². The average molecular weight is 389 g/mol. The maximum absolute atomic E-state index is 13.2. The summed E-state index contributed by atoms with van der Waals surface area (Å²) < 4.78 is 10.2. The number of rotatable bonds is 5. The summed E-state index contributed by atoms with van der Waals surface area (Å²) in [6.07, 6.45) is 0. The number of carbonyl (C=O) groups excluding carboxylic acids is 2. The number of hydrogen-bond acceptors (Lipinski definition) is 6. The standard InChI is InChI=1S/C22H19N3O4/c1-14-12-17(24-29-14)13-25-21(26)19(15-6-4-3-5-7-15)20(22(25)27)23-16-8-10-18(28-2)11-9-16/h3-12,19H,13H2,1-2H3. The summed E-state index contributed by atoms with van der Waals surface area (Å²) in [5, 5.41) is 3.90. The van der Waals surface area contributed by atoms with E-state index in [9.17, 15) is 9.59 Å². The van der Waals surface area contributed by atoms with Gasteiger partial charge in [-0.2, -0.15) is 0 Å². The van der Waals surface area contributed by atoms with Crippen molar-refractivity contribution in [3.8, 4) is 5.75 Å². The minimum atomic E-state index is -0.765. The van der Waals surface area contributed by atoms with E-state index in [0.717, 1.165) is 5.56 Å². The van der Waals surface area contributed by atoms with Gasteiger partial charge in [-0.05, 0) is 36.8 Å². The summed E-state index contributed by atoms with van der Waals surface area (Å²) in [5.74, 6) is -0.218. The predicted octanol–water partition coefficient (Wildman–Crippen LogP) is 3.42. The first kappa shape index (κ1) is 18.6. The molecule has 3 aromatic rings. The van der Waals surface area contributed by atoms with E-state index in [1.807, 2.05) is 30.3 Å². The second-order valence-electron chi connectivity index (χ2n) is 6.70. The molecule has 2 aromatic carbocycles. The number of carbonyl (C=O) groups is 2. The second-order valence-corrected chi connectivity index (χ2v) is 6.70. The Morgan fingerprint density at radius 3 is 2.45 bits per heavy atom. The van der Waals surface area contributed by atoms with E-state index in [1.54, 1.807) is 44.4 Å². The summed E-state index contributed by atoms with van der Waals surface area (Å²) >= 11 is 0. The first-order chi connectivity index (χ1) is 14.1. The molecule has 1 aromatic heterocycles. The number of ether oxygens (including phenoxy) is 1. The Bertz CT molecular complexity index is 1070. The number of hydrogen-bond donors (Lipinski definition) is 0. The van der Waals surface area contributed by atoms with Crippen molar-refractivity contribution in [3.05, 3.63) is 77.7 Å². The molecule has 29 heavy (non-hydrogen) atoms. The lowest BCUT2D eigenvalue weighted by molar-refractivity contribution is -0.138. The fourth-order valence-corrected chi connectivity index (χ4v) is 3.29. The lowest BCUT2D eigenvalue weighted by Gasteiger charge is -2.12. The summed E-state index contributed by atoms with van der Waals surface area (Å²) in [7, 11) is 1.58. The Morgan fingerprint density at radius 2 is 1.83 bits per heavy atom. The molecule has 0 bridgehead atoms. The molecule has 0 radical (unpaired) electrons. The molecule has 2 amide bonds. The Hall–Kier alpha value is -3.74. The van der Waals surface area contributed by atoms with Crippen LogP contribution in [0.5, 0.6) is 5.75 Å². The molecule has 0 saturated carbocycles. The molecule has 7 nitrogen and oxygen atoms in total. The topological polar surface area (TPSA) is 85.0 Å². The largest absolute Gasteiger partial charge is 0.497 e. The molecule has 1 fully saturated rings. The number of amides is 2. The monoisotopic (exact) mass is 389 g/mol. The van der Waals surface area contributed by atoms with Crippen molar-refractivity contribution in [2.45, 2.75) is 19.4 Å². The fraction of sp³-hybridized carbons (Fsp3) is 0.182. The van der Waals surface area contributed by atoms with Crippen LogP contribution in [0.2, 0.25) is 0 Å². The molecule has 146 valence electrons. The fourth-order valence-electron chi connectivity index (χ4n) is 3.29. The van der Waals surface area contributed by atoms with E-state index in [0.29, 0.717) is 22.9 Å². The van der Waals surface area contributed by atoms with E-state index in [-0.39, 0.29) is 18.2 Å². The molecule has 1 unspecified atom stereocenters. The van der Waals surface area contributed by atoms with Crippen LogP contribution in [-0.4, -0.2) is 34.7 Å². The van der Waals surface area contributed by atoms with Crippen LogP contribution in [0.4, 0.5) is 5.69 Å².